The second kappa shape index (κ2) is 5.05. The maximum Gasteiger partial charge on any atom is 0.129 e. The van der Waals surface area contributed by atoms with Crippen molar-refractivity contribution in [3.8, 4) is 22.4 Å². The van der Waals surface area contributed by atoms with Crippen molar-refractivity contribution in [3.05, 3.63) is 53.9 Å². The van der Waals surface area contributed by atoms with Crippen molar-refractivity contribution in [2.75, 3.05) is 5.73 Å². The van der Waals surface area contributed by atoms with Crippen LogP contribution in [0, 0.1) is 13.8 Å². The van der Waals surface area contributed by atoms with Gasteiger partial charge in [-0.05, 0) is 31.0 Å². The molecule has 4 nitrogen and oxygen atoms in total. The van der Waals surface area contributed by atoms with Gasteiger partial charge >= 0.3 is 0 Å². The van der Waals surface area contributed by atoms with Crippen LogP contribution in [0.2, 0.25) is 0 Å². The molecule has 0 saturated heterocycles. The van der Waals surface area contributed by atoms with Crippen LogP contribution in [0.25, 0.3) is 22.4 Å². The van der Waals surface area contributed by atoms with Crippen molar-refractivity contribution in [3.63, 3.8) is 0 Å². The van der Waals surface area contributed by atoms with Gasteiger partial charge in [-0.1, -0.05) is 24.3 Å². The standard InChI is InChI=1S/C17H18N4/c1-11-6-4-8-14(12(11)2)16-15(17(18)21(3)20-16)13-7-5-9-19-10-13/h4-10H,18H2,1-3H3. The quantitative estimate of drug-likeness (QED) is 0.782. The maximum absolute atomic E-state index is 6.23. The number of aromatic nitrogens is 3. The molecule has 106 valence electrons. The number of nitrogens with two attached hydrogens (primary N) is 1. The third-order valence-electron chi connectivity index (χ3n) is 3.90. The molecular formula is C17H18N4. The van der Waals surface area contributed by atoms with Crippen LogP contribution >= 0.6 is 0 Å². The molecule has 2 N–H and O–H groups in total. The molecule has 21 heavy (non-hydrogen) atoms. The molecule has 0 atom stereocenters. The van der Waals surface area contributed by atoms with Crippen LogP contribution in [0.4, 0.5) is 5.82 Å². The number of aryl methyl sites for hydroxylation is 2. The normalized spacial score (nSPS) is 10.8. The van der Waals surface area contributed by atoms with Gasteiger partial charge in [-0.25, -0.2) is 0 Å². The first-order valence-corrected chi connectivity index (χ1v) is 6.89. The van der Waals surface area contributed by atoms with E-state index < -0.39 is 0 Å². The van der Waals surface area contributed by atoms with Gasteiger partial charge in [0.2, 0.25) is 0 Å². The fourth-order valence-electron chi connectivity index (χ4n) is 2.53. The molecular weight excluding hydrogens is 260 g/mol. The van der Waals surface area contributed by atoms with Crippen molar-refractivity contribution in [1.29, 1.82) is 0 Å². The Morgan fingerprint density at radius 2 is 1.90 bits per heavy atom. The molecule has 4 heteroatoms. The number of hydrogen-bond acceptors (Lipinski definition) is 3. The van der Waals surface area contributed by atoms with Crippen molar-refractivity contribution >= 4 is 5.82 Å². The first-order chi connectivity index (χ1) is 10.1. The summed E-state index contributed by atoms with van der Waals surface area (Å²) in [4.78, 5) is 4.19. The molecule has 3 aromatic rings. The summed E-state index contributed by atoms with van der Waals surface area (Å²) in [6.45, 7) is 4.22. The Morgan fingerprint density at radius 1 is 1.10 bits per heavy atom. The van der Waals surface area contributed by atoms with Crippen molar-refractivity contribution in [2.45, 2.75) is 13.8 Å². The summed E-state index contributed by atoms with van der Waals surface area (Å²) in [5.41, 5.74) is 12.6. The number of rotatable bonds is 2. The highest BCUT2D eigenvalue weighted by molar-refractivity contribution is 5.88. The van der Waals surface area contributed by atoms with Crippen LogP contribution in [0.1, 0.15) is 11.1 Å². The van der Waals surface area contributed by atoms with Crippen LogP contribution in [0.5, 0.6) is 0 Å². The average Bonchev–Trinajstić information content (AvgIpc) is 2.78. The van der Waals surface area contributed by atoms with E-state index in [0.717, 1.165) is 22.4 Å². The smallest absolute Gasteiger partial charge is 0.129 e. The summed E-state index contributed by atoms with van der Waals surface area (Å²) in [6.07, 6.45) is 3.58. The molecule has 0 bridgehead atoms. The lowest BCUT2D eigenvalue weighted by molar-refractivity contribution is 0.782. The second-order valence-electron chi connectivity index (χ2n) is 5.22. The van der Waals surface area contributed by atoms with Gasteiger partial charge in [-0.15, -0.1) is 0 Å². The van der Waals surface area contributed by atoms with Crippen LogP contribution in [-0.2, 0) is 7.05 Å². The van der Waals surface area contributed by atoms with Gasteiger partial charge in [0.25, 0.3) is 0 Å². The first-order valence-electron chi connectivity index (χ1n) is 6.89. The Labute approximate surface area is 124 Å². The third kappa shape index (κ3) is 2.18. The highest BCUT2D eigenvalue weighted by Crippen LogP contribution is 2.37. The molecule has 0 spiro atoms. The molecule has 0 amide bonds. The molecule has 3 rings (SSSR count). The summed E-state index contributed by atoms with van der Waals surface area (Å²) in [5, 5.41) is 4.62. The van der Waals surface area contributed by atoms with Crippen LogP contribution in [-0.4, -0.2) is 14.8 Å². The van der Waals surface area contributed by atoms with Gasteiger partial charge in [-0.3, -0.25) is 9.67 Å². The van der Waals surface area contributed by atoms with Gasteiger partial charge in [0.05, 0.1) is 5.56 Å². The Morgan fingerprint density at radius 3 is 2.62 bits per heavy atom. The zero-order valence-electron chi connectivity index (χ0n) is 12.5. The van der Waals surface area contributed by atoms with E-state index in [9.17, 15) is 0 Å². The van der Waals surface area contributed by atoms with E-state index in [1.807, 2.05) is 25.4 Å². The Hall–Kier alpha value is -2.62. The molecule has 0 fully saturated rings. The lowest BCUT2D eigenvalue weighted by Gasteiger charge is -2.08. The molecule has 0 aliphatic heterocycles. The minimum Gasteiger partial charge on any atom is -0.383 e. The Bertz CT molecular complexity index is 788. The summed E-state index contributed by atoms with van der Waals surface area (Å²) in [7, 11) is 1.86. The van der Waals surface area contributed by atoms with Gasteiger partial charge in [0.1, 0.15) is 11.5 Å². The van der Waals surface area contributed by atoms with Gasteiger partial charge in [0.15, 0.2) is 0 Å². The van der Waals surface area contributed by atoms with Crippen molar-refractivity contribution in [2.24, 2.45) is 7.05 Å². The highest BCUT2D eigenvalue weighted by Gasteiger charge is 2.19. The number of hydrogen-bond donors (Lipinski definition) is 1. The van der Waals surface area contributed by atoms with E-state index >= 15 is 0 Å². The van der Waals surface area contributed by atoms with Crippen LogP contribution in [0.15, 0.2) is 42.7 Å². The molecule has 1 aromatic carbocycles. The zero-order chi connectivity index (χ0) is 15.0. The first kappa shape index (κ1) is 13.4. The summed E-state index contributed by atoms with van der Waals surface area (Å²) in [6, 6.07) is 10.2. The van der Waals surface area contributed by atoms with E-state index in [-0.39, 0.29) is 0 Å². The topological polar surface area (TPSA) is 56.7 Å². The molecule has 0 aliphatic carbocycles. The monoisotopic (exact) mass is 278 g/mol. The molecule has 0 radical (unpaired) electrons. The molecule has 0 unspecified atom stereocenters. The SMILES string of the molecule is Cc1cccc(-c2nn(C)c(N)c2-c2cccnc2)c1C. The highest BCUT2D eigenvalue weighted by atomic mass is 15.3. The van der Waals surface area contributed by atoms with Gasteiger partial charge in [0, 0.05) is 30.6 Å². The summed E-state index contributed by atoms with van der Waals surface area (Å²) < 4.78 is 1.72. The summed E-state index contributed by atoms with van der Waals surface area (Å²) in [5.74, 6) is 0.652. The fourth-order valence-corrected chi connectivity index (χ4v) is 2.53. The van der Waals surface area contributed by atoms with E-state index in [0.29, 0.717) is 5.82 Å². The van der Waals surface area contributed by atoms with Gasteiger partial charge in [-0.2, -0.15) is 5.10 Å². The second-order valence-corrected chi connectivity index (χ2v) is 5.22. The van der Waals surface area contributed by atoms with Gasteiger partial charge < -0.3 is 5.73 Å². The number of benzene rings is 1. The lowest BCUT2D eigenvalue weighted by Crippen LogP contribution is -1.98. The third-order valence-corrected chi connectivity index (χ3v) is 3.90. The largest absolute Gasteiger partial charge is 0.383 e. The minimum atomic E-state index is 0.652. The Kier molecular flexibility index (Phi) is 3.22. The molecule has 2 heterocycles. The molecule has 0 saturated carbocycles. The molecule has 2 aromatic heterocycles. The Balaban J connectivity index is 2.30. The summed E-state index contributed by atoms with van der Waals surface area (Å²) >= 11 is 0. The minimum absolute atomic E-state index is 0.652. The number of nitrogens with zero attached hydrogens (tertiary/aromatic N) is 3. The fraction of sp³-hybridized carbons (Fsp3) is 0.176. The predicted molar refractivity (Wildman–Crippen MR) is 85.8 cm³/mol. The lowest BCUT2D eigenvalue weighted by atomic mass is 9.96. The predicted octanol–water partition coefficient (Wildman–Crippen LogP) is 3.35. The number of pyridine rings is 1. The maximum atomic E-state index is 6.23. The van der Waals surface area contributed by atoms with Crippen molar-refractivity contribution in [1.82, 2.24) is 14.8 Å². The van der Waals surface area contributed by atoms with E-state index in [4.69, 9.17) is 5.73 Å². The van der Waals surface area contributed by atoms with E-state index in [1.54, 1.807) is 10.9 Å². The van der Waals surface area contributed by atoms with Crippen LogP contribution < -0.4 is 5.73 Å². The zero-order valence-corrected chi connectivity index (χ0v) is 12.5. The average molecular weight is 278 g/mol. The van der Waals surface area contributed by atoms with Crippen LogP contribution in [0.3, 0.4) is 0 Å². The number of nitrogen functional groups attached to an aromatic ring is 1. The molecule has 0 aliphatic rings. The van der Waals surface area contributed by atoms with Crippen molar-refractivity contribution < 1.29 is 0 Å². The number of anilines is 1. The van der Waals surface area contributed by atoms with E-state index in [2.05, 4.69) is 42.1 Å². The van der Waals surface area contributed by atoms with E-state index in [1.165, 1.54) is 11.1 Å².